The van der Waals surface area contributed by atoms with Gasteiger partial charge >= 0.3 is 0 Å². The molecular weight excluding hydrogens is 246 g/mol. The first-order valence-corrected chi connectivity index (χ1v) is 6.43. The van der Waals surface area contributed by atoms with Crippen LogP contribution >= 0.6 is 0 Å². The van der Waals surface area contributed by atoms with Crippen molar-refractivity contribution >= 4 is 10.9 Å². The molecule has 0 spiro atoms. The van der Waals surface area contributed by atoms with Crippen molar-refractivity contribution in [2.45, 2.75) is 13.8 Å². The molecule has 2 heterocycles. The number of nitriles is 1. The zero-order valence-corrected chi connectivity index (χ0v) is 11.4. The number of fused-ring (bicyclic) bond motifs is 1. The van der Waals surface area contributed by atoms with Crippen LogP contribution in [0.15, 0.2) is 42.5 Å². The van der Waals surface area contributed by atoms with E-state index in [0.29, 0.717) is 5.56 Å². The van der Waals surface area contributed by atoms with Gasteiger partial charge in [-0.1, -0.05) is 12.1 Å². The van der Waals surface area contributed by atoms with Gasteiger partial charge in [0.1, 0.15) is 0 Å². The Labute approximate surface area is 117 Å². The molecule has 0 bridgehead atoms. The summed E-state index contributed by atoms with van der Waals surface area (Å²) >= 11 is 0. The fourth-order valence-corrected chi connectivity index (χ4v) is 2.21. The van der Waals surface area contributed by atoms with Crippen molar-refractivity contribution in [3.8, 4) is 17.5 Å². The lowest BCUT2D eigenvalue weighted by Gasteiger charge is -2.07. The largest absolute Gasteiger partial charge is 0.251 e. The minimum atomic E-state index is 0.650. The first-order valence-electron chi connectivity index (χ1n) is 6.43. The summed E-state index contributed by atoms with van der Waals surface area (Å²) in [5, 5.41) is 9.89. The van der Waals surface area contributed by atoms with Crippen LogP contribution in [0, 0.1) is 25.2 Å². The topological polar surface area (TPSA) is 49.6 Å². The summed E-state index contributed by atoms with van der Waals surface area (Å²) in [7, 11) is 0. The molecular formula is C17H13N3. The molecule has 2 aromatic heterocycles. The molecule has 3 nitrogen and oxygen atoms in total. The van der Waals surface area contributed by atoms with Gasteiger partial charge in [0.25, 0.3) is 0 Å². The van der Waals surface area contributed by atoms with Gasteiger partial charge in [-0.05, 0) is 49.7 Å². The first kappa shape index (κ1) is 12.3. The van der Waals surface area contributed by atoms with Gasteiger partial charge in [-0.25, -0.2) is 4.98 Å². The SMILES string of the molecule is Cc1ccc(C)c(-c2ccc3cc(C#N)ccc3n2)n1. The minimum absolute atomic E-state index is 0.650. The van der Waals surface area contributed by atoms with E-state index in [1.54, 1.807) is 6.07 Å². The van der Waals surface area contributed by atoms with Crippen molar-refractivity contribution in [2.24, 2.45) is 0 Å². The molecule has 20 heavy (non-hydrogen) atoms. The molecule has 0 saturated heterocycles. The van der Waals surface area contributed by atoms with Crippen LogP contribution < -0.4 is 0 Å². The monoisotopic (exact) mass is 259 g/mol. The predicted octanol–water partition coefficient (Wildman–Crippen LogP) is 3.79. The first-order chi connectivity index (χ1) is 9.67. The third kappa shape index (κ3) is 2.12. The van der Waals surface area contributed by atoms with Crippen LogP contribution in [-0.2, 0) is 0 Å². The number of hydrogen-bond acceptors (Lipinski definition) is 3. The summed E-state index contributed by atoms with van der Waals surface area (Å²) in [5.41, 5.74) is 5.39. The average molecular weight is 259 g/mol. The molecule has 0 atom stereocenters. The van der Waals surface area contributed by atoms with Gasteiger partial charge in [0.2, 0.25) is 0 Å². The Morgan fingerprint density at radius 1 is 0.950 bits per heavy atom. The Hall–Kier alpha value is -2.73. The lowest BCUT2D eigenvalue weighted by atomic mass is 10.1. The van der Waals surface area contributed by atoms with Gasteiger partial charge in [0.05, 0.1) is 28.5 Å². The van der Waals surface area contributed by atoms with Gasteiger partial charge in [-0.15, -0.1) is 0 Å². The van der Waals surface area contributed by atoms with Gasteiger partial charge in [-0.3, -0.25) is 4.98 Å². The summed E-state index contributed by atoms with van der Waals surface area (Å²) in [6.45, 7) is 4.01. The molecule has 96 valence electrons. The average Bonchev–Trinajstić information content (AvgIpc) is 2.48. The van der Waals surface area contributed by atoms with E-state index >= 15 is 0 Å². The second kappa shape index (κ2) is 4.75. The van der Waals surface area contributed by atoms with E-state index in [-0.39, 0.29) is 0 Å². The predicted molar refractivity (Wildman–Crippen MR) is 79.2 cm³/mol. The van der Waals surface area contributed by atoms with Crippen LogP contribution in [-0.4, -0.2) is 9.97 Å². The standard InChI is InChI=1S/C17H13N3/c1-11-3-4-12(2)19-17(11)16-8-6-14-9-13(10-18)5-7-15(14)20-16/h3-9H,1-2H3. The maximum atomic E-state index is 8.92. The van der Waals surface area contributed by atoms with E-state index < -0.39 is 0 Å². The van der Waals surface area contributed by atoms with E-state index in [1.807, 2.05) is 44.2 Å². The molecule has 0 aliphatic carbocycles. The molecule has 3 rings (SSSR count). The summed E-state index contributed by atoms with van der Waals surface area (Å²) in [5.74, 6) is 0. The highest BCUT2D eigenvalue weighted by Crippen LogP contribution is 2.23. The molecule has 0 saturated carbocycles. The molecule has 3 aromatic rings. The molecule has 0 aliphatic rings. The fraction of sp³-hybridized carbons (Fsp3) is 0.118. The normalized spacial score (nSPS) is 10.4. The Morgan fingerprint density at radius 2 is 1.80 bits per heavy atom. The zero-order valence-electron chi connectivity index (χ0n) is 11.4. The fourth-order valence-electron chi connectivity index (χ4n) is 2.21. The zero-order chi connectivity index (χ0) is 14.1. The Balaban J connectivity index is 2.18. The lowest BCUT2D eigenvalue weighted by Crippen LogP contribution is -1.93. The third-order valence-corrected chi connectivity index (χ3v) is 3.30. The highest BCUT2D eigenvalue weighted by molar-refractivity contribution is 5.82. The van der Waals surface area contributed by atoms with Crippen molar-refractivity contribution < 1.29 is 0 Å². The molecule has 0 radical (unpaired) electrons. The molecule has 1 aromatic carbocycles. The Morgan fingerprint density at radius 3 is 2.60 bits per heavy atom. The van der Waals surface area contributed by atoms with Crippen molar-refractivity contribution in [3.05, 3.63) is 59.3 Å². The summed E-state index contributed by atoms with van der Waals surface area (Å²) in [6.07, 6.45) is 0. The summed E-state index contributed by atoms with van der Waals surface area (Å²) < 4.78 is 0. The number of aryl methyl sites for hydroxylation is 2. The number of rotatable bonds is 1. The number of nitrogens with zero attached hydrogens (tertiary/aromatic N) is 3. The minimum Gasteiger partial charge on any atom is -0.251 e. The van der Waals surface area contributed by atoms with Gasteiger partial charge in [0, 0.05) is 11.1 Å². The highest BCUT2D eigenvalue weighted by Gasteiger charge is 2.07. The smallest absolute Gasteiger partial charge is 0.0991 e. The molecule has 0 N–H and O–H groups in total. The van der Waals surface area contributed by atoms with E-state index in [9.17, 15) is 0 Å². The molecule has 0 amide bonds. The van der Waals surface area contributed by atoms with Gasteiger partial charge in [-0.2, -0.15) is 5.26 Å². The Bertz CT molecular complexity index is 844. The number of aromatic nitrogens is 2. The number of hydrogen-bond donors (Lipinski definition) is 0. The number of pyridine rings is 2. The van der Waals surface area contributed by atoms with Crippen molar-refractivity contribution in [1.29, 1.82) is 5.26 Å². The van der Waals surface area contributed by atoms with Crippen LogP contribution in [0.25, 0.3) is 22.3 Å². The maximum Gasteiger partial charge on any atom is 0.0991 e. The van der Waals surface area contributed by atoms with Crippen LogP contribution in [0.4, 0.5) is 0 Å². The van der Waals surface area contributed by atoms with Crippen LogP contribution in [0.2, 0.25) is 0 Å². The van der Waals surface area contributed by atoms with E-state index in [2.05, 4.69) is 22.1 Å². The second-order valence-corrected chi connectivity index (χ2v) is 4.83. The summed E-state index contributed by atoms with van der Waals surface area (Å²) in [4.78, 5) is 9.22. The lowest BCUT2D eigenvalue weighted by molar-refractivity contribution is 1.16. The van der Waals surface area contributed by atoms with Crippen LogP contribution in [0.5, 0.6) is 0 Å². The molecule has 0 unspecified atom stereocenters. The number of benzene rings is 1. The van der Waals surface area contributed by atoms with Crippen molar-refractivity contribution in [3.63, 3.8) is 0 Å². The molecule has 3 heteroatoms. The highest BCUT2D eigenvalue weighted by atomic mass is 14.8. The third-order valence-electron chi connectivity index (χ3n) is 3.30. The van der Waals surface area contributed by atoms with E-state index in [0.717, 1.165) is 33.5 Å². The molecule has 0 fully saturated rings. The van der Waals surface area contributed by atoms with Crippen LogP contribution in [0.3, 0.4) is 0 Å². The quantitative estimate of drug-likeness (QED) is 0.668. The van der Waals surface area contributed by atoms with Crippen LogP contribution in [0.1, 0.15) is 16.8 Å². The second-order valence-electron chi connectivity index (χ2n) is 4.83. The van der Waals surface area contributed by atoms with Crippen molar-refractivity contribution in [2.75, 3.05) is 0 Å². The summed E-state index contributed by atoms with van der Waals surface area (Å²) in [6, 6.07) is 15.7. The van der Waals surface area contributed by atoms with Gasteiger partial charge in [0.15, 0.2) is 0 Å². The van der Waals surface area contributed by atoms with Gasteiger partial charge < -0.3 is 0 Å². The van der Waals surface area contributed by atoms with Crippen molar-refractivity contribution in [1.82, 2.24) is 9.97 Å². The molecule has 0 aliphatic heterocycles. The Kier molecular flexibility index (Phi) is 2.92. The van der Waals surface area contributed by atoms with E-state index in [4.69, 9.17) is 5.26 Å². The van der Waals surface area contributed by atoms with E-state index in [1.165, 1.54) is 0 Å². The maximum absolute atomic E-state index is 8.92.